The average molecular weight is 412 g/mol. The SMILES string of the molecule is CCCC1=Nc2cc(C(=O)C/C=C/Cc3ccccc3)ccc2Sc2ccccc21. The van der Waals surface area contributed by atoms with Gasteiger partial charge in [-0.1, -0.05) is 91.9 Å². The molecule has 0 bridgehead atoms. The van der Waals surface area contributed by atoms with E-state index in [0.29, 0.717) is 6.42 Å². The number of nitrogens with zero attached hydrogens (tertiary/aromatic N) is 1. The molecule has 0 radical (unpaired) electrons. The molecule has 1 aliphatic heterocycles. The van der Waals surface area contributed by atoms with Gasteiger partial charge in [0.1, 0.15) is 0 Å². The number of ketones is 1. The Balaban J connectivity index is 1.52. The second-order valence-electron chi connectivity index (χ2n) is 7.38. The zero-order valence-corrected chi connectivity index (χ0v) is 18.0. The van der Waals surface area contributed by atoms with E-state index < -0.39 is 0 Å². The number of Topliss-reactive ketones (excluding diaryl/α,β-unsaturated/α-hetero) is 1. The predicted octanol–water partition coefficient (Wildman–Crippen LogP) is 7.44. The lowest BCUT2D eigenvalue weighted by molar-refractivity contribution is 0.0995. The summed E-state index contributed by atoms with van der Waals surface area (Å²) in [4.78, 5) is 20.1. The molecule has 1 aliphatic rings. The molecule has 3 aromatic rings. The van der Waals surface area contributed by atoms with E-state index in [1.807, 2.05) is 42.5 Å². The molecule has 3 heteroatoms. The summed E-state index contributed by atoms with van der Waals surface area (Å²) in [6.45, 7) is 2.17. The van der Waals surface area contributed by atoms with Gasteiger partial charge in [0.15, 0.2) is 5.78 Å². The van der Waals surface area contributed by atoms with E-state index >= 15 is 0 Å². The molecule has 0 unspecified atom stereocenters. The van der Waals surface area contributed by atoms with Crippen molar-refractivity contribution in [1.82, 2.24) is 0 Å². The third kappa shape index (κ3) is 4.80. The van der Waals surface area contributed by atoms with Crippen LogP contribution in [-0.4, -0.2) is 11.5 Å². The summed E-state index contributed by atoms with van der Waals surface area (Å²) in [5.74, 6) is 0.126. The number of carbonyl (C=O) groups excluding carboxylic acids is 1. The van der Waals surface area contributed by atoms with E-state index in [0.717, 1.165) is 41.1 Å². The Morgan fingerprint density at radius 3 is 2.57 bits per heavy atom. The summed E-state index contributed by atoms with van der Waals surface area (Å²) >= 11 is 1.73. The lowest BCUT2D eigenvalue weighted by atomic mass is 10.0. The van der Waals surface area contributed by atoms with Crippen molar-refractivity contribution in [3.63, 3.8) is 0 Å². The van der Waals surface area contributed by atoms with Crippen molar-refractivity contribution in [2.24, 2.45) is 4.99 Å². The predicted molar refractivity (Wildman–Crippen MR) is 126 cm³/mol. The fraction of sp³-hybridized carbons (Fsp3) is 0.185. The normalized spacial score (nSPS) is 12.8. The molecule has 0 saturated heterocycles. The summed E-state index contributed by atoms with van der Waals surface area (Å²) in [6.07, 6.45) is 7.26. The first kappa shape index (κ1) is 20.4. The minimum atomic E-state index is 0.126. The third-order valence-electron chi connectivity index (χ3n) is 5.11. The summed E-state index contributed by atoms with van der Waals surface area (Å²) in [7, 11) is 0. The highest BCUT2D eigenvalue weighted by molar-refractivity contribution is 7.99. The van der Waals surface area contributed by atoms with Crippen molar-refractivity contribution in [2.75, 3.05) is 0 Å². The lowest BCUT2D eigenvalue weighted by Gasteiger charge is -2.07. The van der Waals surface area contributed by atoms with Crippen LogP contribution in [0, 0.1) is 0 Å². The van der Waals surface area contributed by atoms with E-state index in [1.165, 1.54) is 16.0 Å². The van der Waals surface area contributed by atoms with Gasteiger partial charge < -0.3 is 0 Å². The van der Waals surface area contributed by atoms with Crippen molar-refractivity contribution in [3.05, 3.63) is 102 Å². The molecule has 4 rings (SSSR count). The highest BCUT2D eigenvalue weighted by Crippen LogP contribution is 2.41. The van der Waals surface area contributed by atoms with Gasteiger partial charge in [0.25, 0.3) is 0 Å². The molecule has 0 aromatic heterocycles. The van der Waals surface area contributed by atoms with Gasteiger partial charge in [0.05, 0.1) is 5.69 Å². The maximum Gasteiger partial charge on any atom is 0.166 e. The standard InChI is InChI=1S/C27H25NOS/c1-2-10-23-22-14-7-9-16-26(22)30-27-18-17-21(19-24(27)28-23)25(29)15-8-6-13-20-11-4-3-5-12-20/h3-9,11-12,14,16-19H,2,10,13,15H2,1H3/b8-6+. The molecular formula is C27H25NOS. The van der Waals surface area contributed by atoms with Crippen LogP contribution >= 0.6 is 11.8 Å². The second-order valence-corrected chi connectivity index (χ2v) is 8.46. The molecule has 0 fully saturated rings. The van der Waals surface area contributed by atoms with E-state index in [4.69, 9.17) is 4.99 Å². The van der Waals surface area contributed by atoms with Crippen LogP contribution in [0.4, 0.5) is 5.69 Å². The summed E-state index contributed by atoms with van der Waals surface area (Å²) in [5, 5.41) is 0. The van der Waals surface area contributed by atoms with Crippen molar-refractivity contribution in [2.45, 2.75) is 42.4 Å². The highest BCUT2D eigenvalue weighted by atomic mass is 32.2. The fourth-order valence-corrected chi connectivity index (χ4v) is 4.58. The summed E-state index contributed by atoms with van der Waals surface area (Å²) < 4.78 is 0. The van der Waals surface area contributed by atoms with Crippen LogP contribution in [0.15, 0.2) is 99.7 Å². The van der Waals surface area contributed by atoms with Gasteiger partial charge in [-0.15, -0.1) is 0 Å². The van der Waals surface area contributed by atoms with Crippen LogP contribution in [0.2, 0.25) is 0 Å². The maximum atomic E-state index is 12.7. The fourth-order valence-electron chi connectivity index (χ4n) is 3.55. The first-order valence-corrected chi connectivity index (χ1v) is 11.3. The molecule has 2 nitrogen and oxygen atoms in total. The highest BCUT2D eigenvalue weighted by Gasteiger charge is 2.18. The molecule has 1 heterocycles. The van der Waals surface area contributed by atoms with Gasteiger partial charge in [-0.2, -0.15) is 0 Å². The van der Waals surface area contributed by atoms with Gasteiger partial charge in [0, 0.05) is 33.1 Å². The zero-order valence-electron chi connectivity index (χ0n) is 17.2. The Morgan fingerprint density at radius 1 is 0.933 bits per heavy atom. The smallest absolute Gasteiger partial charge is 0.166 e. The Hall–Kier alpha value is -2.91. The van der Waals surface area contributed by atoms with Gasteiger partial charge in [0.2, 0.25) is 0 Å². The van der Waals surface area contributed by atoms with Crippen molar-refractivity contribution in [1.29, 1.82) is 0 Å². The first-order chi connectivity index (χ1) is 14.7. The Morgan fingerprint density at radius 2 is 1.73 bits per heavy atom. The number of aliphatic imine (C=N–C) groups is 1. The minimum Gasteiger partial charge on any atom is -0.294 e. The first-order valence-electron chi connectivity index (χ1n) is 10.5. The van der Waals surface area contributed by atoms with Gasteiger partial charge in [-0.3, -0.25) is 9.79 Å². The molecule has 0 N–H and O–H groups in total. The molecule has 0 amide bonds. The van der Waals surface area contributed by atoms with Crippen LogP contribution in [0.3, 0.4) is 0 Å². The quantitative estimate of drug-likeness (QED) is 0.298. The average Bonchev–Trinajstić information content (AvgIpc) is 2.93. The molecule has 0 saturated carbocycles. The number of hydrogen-bond donors (Lipinski definition) is 0. The summed E-state index contributed by atoms with van der Waals surface area (Å²) in [5.41, 5.74) is 5.19. The molecule has 0 aliphatic carbocycles. The van der Waals surface area contributed by atoms with E-state index in [9.17, 15) is 4.79 Å². The van der Waals surface area contributed by atoms with Gasteiger partial charge >= 0.3 is 0 Å². The van der Waals surface area contributed by atoms with Crippen LogP contribution in [0.25, 0.3) is 0 Å². The topological polar surface area (TPSA) is 29.4 Å². The van der Waals surface area contributed by atoms with Crippen LogP contribution in [-0.2, 0) is 6.42 Å². The molecule has 3 aromatic carbocycles. The Labute approximate surface area is 182 Å². The number of fused-ring (bicyclic) bond motifs is 2. The lowest BCUT2D eigenvalue weighted by Crippen LogP contribution is -2.01. The van der Waals surface area contributed by atoms with Crippen molar-refractivity contribution in [3.8, 4) is 0 Å². The molecule has 150 valence electrons. The monoisotopic (exact) mass is 411 g/mol. The second kappa shape index (κ2) is 9.73. The number of rotatable bonds is 7. The van der Waals surface area contributed by atoms with Crippen LogP contribution < -0.4 is 0 Å². The van der Waals surface area contributed by atoms with Crippen LogP contribution in [0.1, 0.15) is 47.7 Å². The van der Waals surface area contributed by atoms with Crippen LogP contribution in [0.5, 0.6) is 0 Å². The summed E-state index contributed by atoms with van der Waals surface area (Å²) in [6, 6.07) is 24.6. The third-order valence-corrected chi connectivity index (χ3v) is 6.25. The minimum absolute atomic E-state index is 0.126. The Bertz CT molecular complexity index is 1100. The maximum absolute atomic E-state index is 12.7. The van der Waals surface area contributed by atoms with E-state index in [1.54, 1.807) is 11.8 Å². The number of carbonyl (C=O) groups is 1. The van der Waals surface area contributed by atoms with Crippen molar-refractivity contribution >= 4 is 28.9 Å². The Kier molecular flexibility index (Phi) is 6.60. The molecule has 0 atom stereocenters. The molecule has 0 spiro atoms. The number of allylic oxidation sites excluding steroid dienone is 2. The van der Waals surface area contributed by atoms with Gasteiger partial charge in [-0.25, -0.2) is 0 Å². The zero-order chi connectivity index (χ0) is 20.8. The molecular weight excluding hydrogens is 386 g/mol. The van der Waals surface area contributed by atoms with Crippen molar-refractivity contribution < 1.29 is 4.79 Å². The largest absolute Gasteiger partial charge is 0.294 e. The van der Waals surface area contributed by atoms with E-state index in [2.05, 4.69) is 49.4 Å². The number of benzene rings is 3. The molecule has 30 heavy (non-hydrogen) atoms. The van der Waals surface area contributed by atoms with E-state index in [-0.39, 0.29) is 5.78 Å². The van der Waals surface area contributed by atoms with Gasteiger partial charge in [-0.05, 0) is 36.6 Å². The number of hydrogen-bond acceptors (Lipinski definition) is 3.